The van der Waals surface area contributed by atoms with Crippen molar-refractivity contribution < 1.29 is 13.2 Å². The van der Waals surface area contributed by atoms with E-state index in [9.17, 15) is 13.2 Å². The van der Waals surface area contributed by atoms with E-state index in [1.807, 2.05) is 5.01 Å². The Labute approximate surface area is 150 Å². The molecular weight excluding hydrogens is 338 g/mol. The van der Waals surface area contributed by atoms with Crippen LogP contribution in [0, 0.1) is 0 Å². The van der Waals surface area contributed by atoms with Gasteiger partial charge in [0.2, 0.25) is 10.0 Å². The summed E-state index contributed by atoms with van der Waals surface area (Å²) in [5.41, 5.74) is 3.39. The number of carbonyl (C=O) groups excluding carboxylic acids is 1. The van der Waals surface area contributed by atoms with Gasteiger partial charge >= 0.3 is 0 Å². The molecule has 2 aliphatic heterocycles. The Balaban J connectivity index is 1.67. The average Bonchev–Trinajstić information content (AvgIpc) is 2.93. The van der Waals surface area contributed by atoms with Crippen molar-refractivity contribution >= 4 is 15.9 Å². The summed E-state index contributed by atoms with van der Waals surface area (Å²) < 4.78 is 27.1. The lowest BCUT2D eigenvalue weighted by atomic mass is 10.1. The van der Waals surface area contributed by atoms with E-state index in [0.717, 1.165) is 51.6 Å². The molecular formula is C18H27N3O3S. The molecule has 0 unspecified atom stereocenters. The van der Waals surface area contributed by atoms with Crippen LogP contribution in [0.2, 0.25) is 0 Å². The van der Waals surface area contributed by atoms with Crippen LogP contribution in [0.1, 0.15) is 55.3 Å². The van der Waals surface area contributed by atoms with Gasteiger partial charge in [0.15, 0.2) is 0 Å². The molecule has 25 heavy (non-hydrogen) atoms. The Morgan fingerprint density at radius 2 is 1.32 bits per heavy atom. The zero-order chi connectivity index (χ0) is 17.7. The largest absolute Gasteiger partial charge is 0.285 e. The SMILES string of the molecule is O=C(NN1CCCCC1)c1ccc(S(=O)(=O)N2CCCCCC2)cc1. The summed E-state index contributed by atoms with van der Waals surface area (Å²) in [5, 5.41) is 1.94. The number of nitrogens with zero attached hydrogens (tertiary/aromatic N) is 2. The Bertz CT molecular complexity index is 674. The third-order valence-electron chi connectivity index (χ3n) is 4.94. The molecule has 0 atom stereocenters. The van der Waals surface area contributed by atoms with Crippen molar-refractivity contribution in [3.05, 3.63) is 29.8 Å². The number of piperidine rings is 1. The molecule has 0 spiro atoms. The zero-order valence-electron chi connectivity index (χ0n) is 14.6. The van der Waals surface area contributed by atoms with Gasteiger partial charge in [0.1, 0.15) is 0 Å². The molecule has 1 amide bonds. The Hall–Kier alpha value is -1.44. The minimum Gasteiger partial charge on any atom is -0.285 e. The van der Waals surface area contributed by atoms with E-state index in [-0.39, 0.29) is 10.8 Å². The monoisotopic (exact) mass is 365 g/mol. The predicted octanol–water partition coefficient (Wildman–Crippen LogP) is 2.38. The number of hydrazine groups is 1. The standard InChI is InChI=1S/C18H27N3O3S/c22-18(19-20-12-4-3-5-13-20)16-8-10-17(11-9-16)25(23,24)21-14-6-1-2-7-15-21/h8-11H,1-7,12-15H2,(H,19,22). The van der Waals surface area contributed by atoms with E-state index >= 15 is 0 Å². The number of benzene rings is 1. The number of rotatable bonds is 4. The van der Waals surface area contributed by atoms with Crippen molar-refractivity contribution in [1.82, 2.24) is 14.7 Å². The maximum Gasteiger partial charge on any atom is 0.265 e. The molecule has 2 heterocycles. The molecule has 0 bridgehead atoms. The molecule has 0 radical (unpaired) electrons. The second-order valence-corrected chi connectivity index (χ2v) is 8.77. The molecule has 0 aliphatic carbocycles. The van der Waals surface area contributed by atoms with Crippen molar-refractivity contribution in [3.8, 4) is 0 Å². The highest BCUT2D eigenvalue weighted by atomic mass is 32.2. The second kappa shape index (κ2) is 8.29. The van der Waals surface area contributed by atoms with Gasteiger partial charge in [0.05, 0.1) is 4.90 Å². The number of hydrogen-bond donors (Lipinski definition) is 1. The van der Waals surface area contributed by atoms with Gasteiger partial charge in [0, 0.05) is 31.7 Å². The van der Waals surface area contributed by atoms with Crippen LogP contribution in [0.5, 0.6) is 0 Å². The van der Waals surface area contributed by atoms with Crippen molar-refractivity contribution in [2.24, 2.45) is 0 Å². The van der Waals surface area contributed by atoms with Gasteiger partial charge in [-0.15, -0.1) is 0 Å². The molecule has 138 valence electrons. The molecule has 2 aliphatic rings. The number of sulfonamides is 1. The highest BCUT2D eigenvalue weighted by molar-refractivity contribution is 7.89. The molecule has 2 saturated heterocycles. The van der Waals surface area contributed by atoms with Gasteiger partial charge in [-0.3, -0.25) is 10.2 Å². The fraction of sp³-hybridized carbons (Fsp3) is 0.611. The van der Waals surface area contributed by atoms with E-state index in [2.05, 4.69) is 5.43 Å². The molecule has 2 fully saturated rings. The van der Waals surface area contributed by atoms with Crippen molar-refractivity contribution in [1.29, 1.82) is 0 Å². The fourth-order valence-corrected chi connectivity index (χ4v) is 4.94. The molecule has 6 nitrogen and oxygen atoms in total. The van der Waals surface area contributed by atoms with Crippen LogP contribution in [-0.2, 0) is 10.0 Å². The topological polar surface area (TPSA) is 69.7 Å². The molecule has 1 aromatic carbocycles. The third kappa shape index (κ3) is 4.59. The van der Waals surface area contributed by atoms with E-state index in [1.165, 1.54) is 6.42 Å². The van der Waals surface area contributed by atoms with Crippen LogP contribution < -0.4 is 5.43 Å². The normalized spacial score (nSPS) is 20.8. The van der Waals surface area contributed by atoms with Gasteiger partial charge in [-0.05, 0) is 49.9 Å². The van der Waals surface area contributed by atoms with E-state index in [0.29, 0.717) is 18.7 Å². The summed E-state index contributed by atoms with van der Waals surface area (Å²) in [4.78, 5) is 12.6. The highest BCUT2D eigenvalue weighted by Crippen LogP contribution is 2.20. The lowest BCUT2D eigenvalue weighted by molar-refractivity contribution is 0.0750. The molecule has 7 heteroatoms. The predicted molar refractivity (Wildman–Crippen MR) is 96.6 cm³/mol. The molecule has 1 aromatic rings. The van der Waals surface area contributed by atoms with Crippen molar-refractivity contribution in [2.75, 3.05) is 26.2 Å². The summed E-state index contributed by atoms with van der Waals surface area (Å²) >= 11 is 0. The first-order valence-electron chi connectivity index (χ1n) is 9.23. The quantitative estimate of drug-likeness (QED) is 0.889. The highest BCUT2D eigenvalue weighted by Gasteiger charge is 2.25. The third-order valence-corrected chi connectivity index (χ3v) is 6.85. The van der Waals surface area contributed by atoms with Crippen LogP contribution >= 0.6 is 0 Å². The smallest absolute Gasteiger partial charge is 0.265 e. The van der Waals surface area contributed by atoms with Crippen molar-refractivity contribution in [3.63, 3.8) is 0 Å². The lowest BCUT2D eigenvalue weighted by Crippen LogP contribution is -2.45. The van der Waals surface area contributed by atoms with Crippen LogP contribution in [-0.4, -0.2) is 49.8 Å². The van der Waals surface area contributed by atoms with Gasteiger partial charge in [-0.1, -0.05) is 19.3 Å². The van der Waals surface area contributed by atoms with Crippen LogP contribution in [0.15, 0.2) is 29.2 Å². The van der Waals surface area contributed by atoms with Crippen LogP contribution in [0.3, 0.4) is 0 Å². The number of carbonyl (C=O) groups is 1. The first kappa shape index (κ1) is 18.4. The number of amides is 1. The summed E-state index contributed by atoms with van der Waals surface area (Å²) in [6.07, 6.45) is 7.38. The van der Waals surface area contributed by atoms with Crippen LogP contribution in [0.25, 0.3) is 0 Å². The van der Waals surface area contributed by atoms with Crippen molar-refractivity contribution in [2.45, 2.75) is 49.8 Å². The maximum atomic E-state index is 12.8. The Kier molecular flexibility index (Phi) is 6.09. The molecule has 3 rings (SSSR count). The summed E-state index contributed by atoms with van der Waals surface area (Å²) in [5.74, 6) is -0.180. The van der Waals surface area contributed by atoms with E-state index in [1.54, 1.807) is 28.6 Å². The first-order chi connectivity index (χ1) is 12.1. The second-order valence-electron chi connectivity index (χ2n) is 6.83. The van der Waals surface area contributed by atoms with E-state index < -0.39 is 10.0 Å². The molecule has 1 N–H and O–H groups in total. The number of nitrogens with one attached hydrogen (secondary N) is 1. The summed E-state index contributed by atoms with van der Waals surface area (Å²) in [6, 6.07) is 6.30. The lowest BCUT2D eigenvalue weighted by Gasteiger charge is -2.26. The minimum absolute atomic E-state index is 0.180. The minimum atomic E-state index is -3.46. The molecule has 0 aromatic heterocycles. The summed E-state index contributed by atoms with van der Waals surface area (Å²) in [6.45, 7) is 2.90. The summed E-state index contributed by atoms with van der Waals surface area (Å²) in [7, 11) is -3.46. The average molecular weight is 365 g/mol. The van der Waals surface area contributed by atoms with Gasteiger partial charge < -0.3 is 0 Å². The Morgan fingerprint density at radius 1 is 0.800 bits per heavy atom. The van der Waals surface area contributed by atoms with E-state index in [4.69, 9.17) is 0 Å². The fourth-order valence-electron chi connectivity index (χ4n) is 3.42. The number of hydrogen-bond acceptors (Lipinski definition) is 4. The van der Waals surface area contributed by atoms with Gasteiger partial charge in [-0.25, -0.2) is 13.4 Å². The first-order valence-corrected chi connectivity index (χ1v) is 10.7. The molecule has 0 saturated carbocycles. The van der Waals surface area contributed by atoms with Gasteiger partial charge in [-0.2, -0.15) is 4.31 Å². The zero-order valence-corrected chi connectivity index (χ0v) is 15.4. The maximum absolute atomic E-state index is 12.8. The van der Waals surface area contributed by atoms with Gasteiger partial charge in [0.25, 0.3) is 5.91 Å². The van der Waals surface area contributed by atoms with Crippen LogP contribution in [0.4, 0.5) is 0 Å². The Morgan fingerprint density at radius 3 is 1.92 bits per heavy atom.